The lowest BCUT2D eigenvalue weighted by Crippen LogP contribution is -2.11. The third-order valence-electron chi connectivity index (χ3n) is 5.75. The van der Waals surface area contributed by atoms with Gasteiger partial charge in [-0.1, -0.05) is 18.6 Å². The summed E-state index contributed by atoms with van der Waals surface area (Å²) in [6.07, 6.45) is 8.16. The average Bonchev–Trinajstić information content (AvgIpc) is 2.67. The van der Waals surface area contributed by atoms with Crippen LogP contribution >= 0.6 is 0 Å². The molecule has 0 radical (unpaired) electrons. The van der Waals surface area contributed by atoms with E-state index < -0.39 is 0 Å². The summed E-state index contributed by atoms with van der Waals surface area (Å²) in [6.45, 7) is 5.44. The maximum atomic E-state index is 5.60. The van der Waals surface area contributed by atoms with Crippen molar-refractivity contribution >= 4 is 0 Å². The fourth-order valence-electron chi connectivity index (χ4n) is 4.83. The van der Waals surface area contributed by atoms with Gasteiger partial charge >= 0.3 is 0 Å². The molecule has 4 rings (SSSR count). The summed E-state index contributed by atoms with van der Waals surface area (Å²) in [5, 5.41) is 0. The van der Waals surface area contributed by atoms with Crippen molar-refractivity contribution in [3.63, 3.8) is 0 Å². The number of hydrogen-bond donors (Lipinski definition) is 1. The first-order chi connectivity index (χ1) is 7.17. The SMILES string of the molecule is C/C(=C\CC[C@@H]1C2CC3C(C2)C31C)CN. The third kappa shape index (κ3) is 1.19. The molecule has 4 fully saturated rings. The lowest BCUT2D eigenvalue weighted by molar-refractivity contribution is 0.313. The first-order valence-corrected chi connectivity index (χ1v) is 6.53. The maximum Gasteiger partial charge on any atom is 0.0134 e. The van der Waals surface area contributed by atoms with E-state index in [4.69, 9.17) is 5.73 Å². The highest BCUT2D eigenvalue weighted by Gasteiger charge is 2.75. The van der Waals surface area contributed by atoms with Gasteiger partial charge in [0.15, 0.2) is 0 Å². The third-order valence-corrected chi connectivity index (χ3v) is 5.75. The van der Waals surface area contributed by atoms with Crippen molar-refractivity contribution in [3.8, 4) is 0 Å². The van der Waals surface area contributed by atoms with Crippen LogP contribution in [0.15, 0.2) is 11.6 Å². The molecule has 4 saturated carbocycles. The van der Waals surface area contributed by atoms with Gasteiger partial charge in [0.05, 0.1) is 0 Å². The van der Waals surface area contributed by atoms with E-state index in [9.17, 15) is 0 Å². The quantitative estimate of drug-likeness (QED) is 0.702. The van der Waals surface area contributed by atoms with Crippen molar-refractivity contribution in [3.05, 3.63) is 11.6 Å². The van der Waals surface area contributed by atoms with E-state index in [2.05, 4.69) is 19.9 Å². The van der Waals surface area contributed by atoms with Crippen molar-refractivity contribution in [2.75, 3.05) is 6.54 Å². The molecule has 0 aliphatic heterocycles. The summed E-state index contributed by atoms with van der Waals surface area (Å²) >= 11 is 0. The van der Waals surface area contributed by atoms with E-state index in [0.29, 0.717) is 0 Å². The predicted molar refractivity (Wildman–Crippen MR) is 63.3 cm³/mol. The number of rotatable bonds is 4. The molecular weight excluding hydrogens is 182 g/mol. The van der Waals surface area contributed by atoms with Crippen LogP contribution in [0.25, 0.3) is 0 Å². The van der Waals surface area contributed by atoms with Gasteiger partial charge < -0.3 is 5.73 Å². The van der Waals surface area contributed by atoms with Crippen LogP contribution in [0.1, 0.15) is 39.5 Å². The van der Waals surface area contributed by atoms with Crippen LogP contribution in [0, 0.1) is 29.1 Å². The predicted octanol–water partition coefficient (Wildman–Crippen LogP) is 2.96. The van der Waals surface area contributed by atoms with Crippen molar-refractivity contribution in [2.24, 2.45) is 34.8 Å². The topological polar surface area (TPSA) is 26.0 Å². The van der Waals surface area contributed by atoms with Crippen LogP contribution in [-0.4, -0.2) is 6.54 Å². The van der Waals surface area contributed by atoms with Crippen LogP contribution in [0.3, 0.4) is 0 Å². The van der Waals surface area contributed by atoms with Gasteiger partial charge in [-0.3, -0.25) is 0 Å². The Labute approximate surface area is 93.1 Å². The van der Waals surface area contributed by atoms with Crippen LogP contribution in [0.5, 0.6) is 0 Å². The lowest BCUT2D eigenvalue weighted by atomic mass is 9.86. The largest absolute Gasteiger partial charge is 0.327 e. The van der Waals surface area contributed by atoms with Crippen molar-refractivity contribution in [1.29, 1.82) is 0 Å². The second kappa shape index (κ2) is 3.10. The van der Waals surface area contributed by atoms with Crippen LogP contribution in [-0.2, 0) is 0 Å². The number of hydrogen-bond acceptors (Lipinski definition) is 1. The zero-order valence-corrected chi connectivity index (χ0v) is 10.00. The molecule has 0 aromatic heterocycles. The Kier molecular flexibility index (Phi) is 2.04. The molecule has 0 aromatic rings. The summed E-state index contributed by atoms with van der Waals surface area (Å²) in [7, 11) is 0. The molecule has 1 heteroatoms. The minimum absolute atomic E-state index is 0.733. The van der Waals surface area contributed by atoms with Gasteiger partial charge in [0.25, 0.3) is 0 Å². The molecule has 0 amide bonds. The van der Waals surface area contributed by atoms with E-state index in [-0.39, 0.29) is 0 Å². The van der Waals surface area contributed by atoms with Crippen molar-refractivity contribution in [1.82, 2.24) is 0 Å². The average molecular weight is 205 g/mol. The summed E-state index contributed by atoms with van der Waals surface area (Å²) in [4.78, 5) is 0. The van der Waals surface area contributed by atoms with Crippen molar-refractivity contribution in [2.45, 2.75) is 39.5 Å². The molecule has 4 aliphatic carbocycles. The van der Waals surface area contributed by atoms with E-state index in [1.165, 1.54) is 18.4 Å². The number of nitrogens with two attached hydrogens (primary N) is 1. The molecule has 3 atom stereocenters. The number of allylic oxidation sites excluding steroid dienone is 1. The molecule has 0 heterocycles. The van der Waals surface area contributed by atoms with Gasteiger partial charge in [0.1, 0.15) is 0 Å². The second-order valence-corrected chi connectivity index (χ2v) is 6.25. The Bertz CT molecular complexity index is 292. The fraction of sp³-hybridized carbons (Fsp3) is 0.857. The lowest BCUT2D eigenvalue weighted by Gasteiger charge is -2.19. The molecule has 0 aromatic carbocycles. The van der Waals surface area contributed by atoms with Gasteiger partial charge in [0.2, 0.25) is 0 Å². The minimum Gasteiger partial charge on any atom is -0.327 e. The van der Waals surface area contributed by atoms with Crippen LogP contribution in [0.4, 0.5) is 0 Å². The minimum atomic E-state index is 0.733. The van der Waals surface area contributed by atoms with Gasteiger partial charge in [-0.25, -0.2) is 0 Å². The molecule has 2 unspecified atom stereocenters. The molecule has 1 nitrogen and oxygen atoms in total. The van der Waals surface area contributed by atoms with Gasteiger partial charge in [-0.05, 0) is 61.7 Å². The molecule has 2 N–H and O–H groups in total. The molecule has 4 aliphatic rings. The highest BCUT2D eigenvalue weighted by Crippen LogP contribution is 2.82. The highest BCUT2D eigenvalue weighted by molar-refractivity contribution is 5.24. The zero-order valence-electron chi connectivity index (χ0n) is 10.00. The van der Waals surface area contributed by atoms with Crippen LogP contribution < -0.4 is 5.73 Å². The molecule has 0 spiro atoms. The summed E-state index contributed by atoms with van der Waals surface area (Å²) in [5.74, 6) is 4.41. The monoisotopic (exact) mass is 205 g/mol. The fourth-order valence-corrected chi connectivity index (χ4v) is 4.83. The van der Waals surface area contributed by atoms with E-state index in [1.807, 2.05) is 0 Å². The standard InChI is InChI=1S/C14H23N/c1-9(8-15)4-3-5-11-10-6-12-13(7-10)14(11,12)2/h4,10-13H,3,5-8,15H2,1-2H3/b9-4+/t10?,11-,12?,13?,14?/m1/s1. The Balaban J connectivity index is 1.58. The highest BCUT2D eigenvalue weighted by atomic mass is 14.8. The van der Waals surface area contributed by atoms with E-state index >= 15 is 0 Å². The molecule has 15 heavy (non-hydrogen) atoms. The molecular formula is C14H23N. The maximum absolute atomic E-state index is 5.60. The second-order valence-electron chi connectivity index (χ2n) is 6.25. The summed E-state index contributed by atoms with van der Waals surface area (Å²) < 4.78 is 0. The van der Waals surface area contributed by atoms with Crippen molar-refractivity contribution < 1.29 is 0 Å². The molecule has 0 saturated heterocycles. The van der Waals surface area contributed by atoms with E-state index in [0.717, 1.165) is 35.6 Å². The van der Waals surface area contributed by atoms with Gasteiger partial charge in [-0.2, -0.15) is 0 Å². The zero-order chi connectivity index (χ0) is 10.6. The Hall–Kier alpha value is -0.300. The Morgan fingerprint density at radius 1 is 1.40 bits per heavy atom. The Morgan fingerprint density at radius 3 is 2.53 bits per heavy atom. The smallest absolute Gasteiger partial charge is 0.0134 e. The first kappa shape index (κ1) is 9.89. The van der Waals surface area contributed by atoms with E-state index in [1.54, 1.807) is 12.8 Å². The normalized spacial score (nSPS) is 51.3. The van der Waals surface area contributed by atoms with Gasteiger partial charge in [-0.15, -0.1) is 0 Å². The van der Waals surface area contributed by atoms with Crippen LogP contribution in [0.2, 0.25) is 0 Å². The molecule has 84 valence electrons. The first-order valence-electron chi connectivity index (χ1n) is 6.53. The van der Waals surface area contributed by atoms with Gasteiger partial charge in [0, 0.05) is 6.54 Å². The Morgan fingerprint density at radius 2 is 2.07 bits per heavy atom. The summed E-state index contributed by atoms with van der Waals surface area (Å²) in [5.41, 5.74) is 7.74. The summed E-state index contributed by atoms with van der Waals surface area (Å²) in [6, 6.07) is 0. The molecule has 4 bridgehead atoms.